The molecule has 2 aromatic carbocycles. The van der Waals surface area contributed by atoms with Crippen LogP contribution in [0.25, 0.3) is 0 Å². The van der Waals surface area contributed by atoms with E-state index in [4.69, 9.17) is 14.6 Å². The topological polar surface area (TPSA) is 68.1 Å². The second-order valence-corrected chi connectivity index (χ2v) is 4.18. The van der Waals surface area contributed by atoms with Crippen LogP contribution in [0, 0.1) is 0 Å². The molecule has 0 fully saturated rings. The molecule has 5 nitrogen and oxygen atoms in total. The average molecular weight is 285 g/mol. The van der Waals surface area contributed by atoms with Gasteiger partial charge in [0.25, 0.3) is 0 Å². The van der Waals surface area contributed by atoms with Crippen LogP contribution in [0.1, 0.15) is 5.56 Å². The summed E-state index contributed by atoms with van der Waals surface area (Å²) in [5.74, 6) is 0.230. The van der Waals surface area contributed by atoms with Gasteiger partial charge in [-0.15, -0.1) is 0 Å². The monoisotopic (exact) mass is 285 g/mol. The molecule has 0 aliphatic rings. The summed E-state index contributed by atoms with van der Waals surface area (Å²) in [4.78, 5) is 14.9. The van der Waals surface area contributed by atoms with Crippen molar-refractivity contribution in [3.63, 3.8) is 0 Å². The first-order chi connectivity index (χ1) is 10.2. The van der Waals surface area contributed by atoms with Crippen LogP contribution >= 0.6 is 0 Å². The minimum atomic E-state index is -1.02. The summed E-state index contributed by atoms with van der Waals surface area (Å²) >= 11 is 0. The third-order valence-corrected chi connectivity index (χ3v) is 2.70. The smallest absolute Gasteiger partial charge is 0.341 e. The number of para-hydroxylation sites is 1. The highest BCUT2D eigenvalue weighted by Crippen LogP contribution is 2.20. The maximum absolute atomic E-state index is 10.6. The number of aliphatic imine (C=N–C) groups is 1. The van der Waals surface area contributed by atoms with Gasteiger partial charge in [0.05, 0.1) is 12.8 Å². The lowest BCUT2D eigenvalue weighted by Gasteiger charge is -2.06. The second kappa shape index (κ2) is 7.09. The number of carboxylic acids is 1. The molecule has 0 aliphatic heterocycles. The van der Waals surface area contributed by atoms with Crippen molar-refractivity contribution in [3.8, 4) is 11.5 Å². The Labute approximate surface area is 122 Å². The standard InChI is InChI=1S/C16H15NO4/c1-20-14-8-6-13(7-9-14)17-10-12-4-2-3-5-15(12)21-11-16(18)19/h2-10H,11H2,1H3,(H,18,19). The number of carbonyl (C=O) groups is 1. The van der Waals surface area contributed by atoms with Gasteiger partial charge in [-0.1, -0.05) is 12.1 Å². The molecule has 0 saturated carbocycles. The highest BCUT2D eigenvalue weighted by Gasteiger charge is 2.03. The average Bonchev–Trinajstić information content (AvgIpc) is 2.52. The Morgan fingerprint density at radius 1 is 1.19 bits per heavy atom. The number of ether oxygens (including phenoxy) is 2. The molecule has 1 N–H and O–H groups in total. The van der Waals surface area contributed by atoms with E-state index in [9.17, 15) is 4.79 Å². The molecule has 2 rings (SSSR count). The number of benzene rings is 2. The Morgan fingerprint density at radius 2 is 1.90 bits per heavy atom. The first-order valence-corrected chi connectivity index (χ1v) is 6.31. The minimum Gasteiger partial charge on any atom is -0.497 e. The van der Waals surface area contributed by atoms with E-state index >= 15 is 0 Å². The highest BCUT2D eigenvalue weighted by molar-refractivity contribution is 5.85. The van der Waals surface area contributed by atoms with Crippen molar-refractivity contribution in [1.29, 1.82) is 0 Å². The van der Waals surface area contributed by atoms with Crippen molar-refractivity contribution in [2.75, 3.05) is 13.7 Å². The van der Waals surface area contributed by atoms with Crippen LogP contribution in [0.15, 0.2) is 53.5 Å². The first-order valence-electron chi connectivity index (χ1n) is 6.31. The van der Waals surface area contributed by atoms with Crippen molar-refractivity contribution >= 4 is 17.9 Å². The Bertz CT molecular complexity index is 635. The minimum absolute atomic E-state index is 0.382. The predicted molar refractivity (Wildman–Crippen MR) is 79.8 cm³/mol. The first kappa shape index (κ1) is 14.6. The highest BCUT2D eigenvalue weighted by atomic mass is 16.5. The van der Waals surface area contributed by atoms with Crippen LogP contribution in [0.3, 0.4) is 0 Å². The normalized spacial score (nSPS) is 10.5. The van der Waals surface area contributed by atoms with Crippen LogP contribution in [-0.4, -0.2) is 31.0 Å². The third-order valence-electron chi connectivity index (χ3n) is 2.70. The van der Waals surface area contributed by atoms with Crippen molar-refractivity contribution in [1.82, 2.24) is 0 Å². The molecule has 21 heavy (non-hydrogen) atoms. The van der Waals surface area contributed by atoms with Gasteiger partial charge < -0.3 is 14.6 Å². The molecule has 2 aromatic rings. The number of hydrogen-bond acceptors (Lipinski definition) is 4. The summed E-state index contributed by atoms with van der Waals surface area (Å²) in [6, 6.07) is 14.4. The maximum atomic E-state index is 10.6. The molecule has 0 heterocycles. The maximum Gasteiger partial charge on any atom is 0.341 e. The summed E-state index contributed by atoms with van der Waals surface area (Å²) in [5, 5.41) is 8.65. The zero-order valence-corrected chi connectivity index (χ0v) is 11.5. The molecule has 0 aromatic heterocycles. The Hall–Kier alpha value is -2.82. The summed E-state index contributed by atoms with van der Waals surface area (Å²) in [7, 11) is 1.61. The summed E-state index contributed by atoms with van der Waals surface area (Å²) < 4.78 is 10.3. The van der Waals surface area contributed by atoms with E-state index in [1.807, 2.05) is 36.4 Å². The summed E-state index contributed by atoms with van der Waals surface area (Å²) in [6.07, 6.45) is 1.64. The summed E-state index contributed by atoms with van der Waals surface area (Å²) in [6.45, 7) is -0.382. The van der Waals surface area contributed by atoms with E-state index in [0.29, 0.717) is 5.75 Å². The van der Waals surface area contributed by atoms with Crippen LogP contribution < -0.4 is 9.47 Å². The molecule has 5 heteroatoms. The lowest BCUT2D eigenvalue weighted by molar-refractivity contribution is -0.139. The molecule has 0 spiro atoms. The molecule has 0 atom stereocenters. The van der Waals surface area contributed by atoms with E-state index in [2.05, 4.69) is 4.99 Å². The second-order valence-electron chi connectivity index (χ2n) is 4.18. The van der Waals surface area contributed by atoms with Gasteiger partial charge in [-0.05, 0) is 36.4 Å². The lowest BCUT2D eigenvalue weighted by Crippen LogP contribution is -2.10. The fourth-order valence-electron chi connectivity index (χ4n) is 1.67. The van der Waals surface area contributed by atoms with Gasteiger partial charge in [-0.2, -0.15) is 0 Å². The number of methoxy groups -OCH3 is 1. The Balaban J connectivity index is 2.13. The third kappa shape index (κ3) is 4.35. The van der Waals surface area contributed by atoms with E-state index in [1.54, 1.807) is 25.5 Å². The number of carboxylic acid groups (broad SMARTS) is 1. The molecule has 108 valence electrons. The van der Waals surface area contributed by atoms with Gasteiger partial charge >= 0.3 is 5.97 Å². The van der Waals surface area contributed by atoms with E-state index < -0.39 is 5.97 Å². The van der Waals surface area contributed by atoms with Crippen LogP contribution in [0.5, 0.6) is 11.5 Å². The van der Waals surface area contributed by atoms with Crippen LogP contribution in [-0.2, 0) is 4.79 Å². The number of aliphatic carboxylic acids is 1. The van der Waals surface area contributed by atoms with E-state index in [1.165, 1.54) is 0 Å². The van der Waals surface area contributed by atoms with Gasteiger partial charge in [0.2, 0.25) is 0 Å². The van der Waals surface area contributed by atoms with Crippen molar-refractivity contribution in [2.24, 2.45) is 4.99 Å². The van der Waals surface area contributed by atoms with Crippen LogP contribution in [0.4, 0.5) is 5.69 Å². The quantitative estimate of drug-likeness (QED) is 0.829. The fraction of sp³-hybridized carbons (Fsp3) is 0.125. The van der Waals surface area contributed by atoms with Gasteiger partial charge in [0, 0.05) is 11.8 Å². The molecule has 0 unspecified atom stereocenters. The number of nitrogens with zero attached hydrogens (tertiary/aromatic N) is 1. The lowest BCUT2D eigenvalue weighted by atomic mass is 10.2. The predicted octanol–water partition coefficient (Wildman–Crippen LogP) is 2.91. The molecule has 0 radical (unpaired) electrons. The number of hydrogen-bond donors (Lipinski definition) is 1. The number of rotatable bonds is 6. The Kier molecular flexibility index (Phi) is 4.93. The zero-order valence-electron chi connectivity index (χ0n) is 11.5. The largest absolute Gasteiger partial charge is 0.497 e. The SMILES string of the molecule is COc1ccc(N=Cc2ccccc2OCC(=O)O)cc1. The van der Waals surface area contributed by atoms with Crippen molar-refractivity contribution in [3.05, 3.63) is 54.1 Å². The zero-order chi connectivity index (χ0) is 15.1. The summed E-state index contributed by atoms with van der Waals surface area (Å²) in [5.41, 5.74) is 1.48. The van der Waals surface area contributed by atoms with Crippen molar-refractivity contribution in [2.45, 2.75) is 0 Å². The van der Waals surface area contributed by atoms with E-state index in [-0.39, 0.29) is 6.61 Å². The van der Waals surface area contributed by atoms with E-state index in [0.717, 1.165) is 17.0 Å². The molecule has 0 saturated heterocycles. The fourth-order valence-corrected chi connectivity index (χ4v) is 1.67. The Morgan fingerprint density at radius 3 is 2.57 bits per heavy atom. The molecule has 0 amide bonds. The molecular formula is C16H15NO4. The van der Waals surface area contributed by atoms with Crippen molar-refractivity contribution < 1.29 is 19.4 Å². The van der Waals surface area contributed by atoms with Gasteiger partial charge in [-0.3, -0.25) is 4.99 Å². The molecule has 0 aliphatic carbocycles. The van der Waals surface area contributed by atoms with Crippen LogP contribution in [0.2, 0.25) is 0 Å². The van der Waals surface area contributed by atoms with Gasteiger partial charge in [0.15, 0.2) is 6.61 Å². The molecular weight excluding hydrogens is 270 g/mol. The molecule has 0 bridgehead atoms. The van der Waals surface area contributed by atoms with Gasteiger partial charge in [0.1, 0.15) is 11.5 Å². The van der Waals surface area contributed by atoms with Gasteiger partial charge in [-0.25, -0.2) is 4.79 Å².